The number of rotatable bonds is 5. The summed E-state index contributed by atoms with van der Waals surface area (Å²) in [6.45, 7) is 1.17. The van der Waals surface area contributed by atoms with E-state index in [2.05, 4.69) is 20.3 Å². The molecule has 1 aliphatic carbocycles. The molecule has 0 spiro atoms. The van der Waals surface area contributed by atoms with Gasteiger partial charge in [0.2, 0.25) is 11.9 Å². The summed E-state index contributed by atoms with van der Waals surface area (Å²) in [4.78, 5) is 18.9. The number of hydrogen-bond acceptors (Lipinski definition) is 6. The van der Waals surface area contributed by atoms with E-state index in [0.717, 1.165) is 18.7 Å². The first-order chi connectivity index (χ1) is 14.9. The van der Waals surface area contributed by atoms with E-state index in [1.165, 1.54) is 0 Å². The van der Waals surface area contributed by atoms with Crippen LogP contribution < -0.4 is 10.2 Å². The number of piperidine rings is 1. The molecule has 1 aromatic carbocycles. The van der Waals surface area contributed by atoms with Crippen LogP contribution in [0.1, 0.15) is 25.7 Å². The highest BCUT2D eigenvalue weighted by molar-refractivity contribution is 7.92. The molecule has 0 atom stereocenters. The molecule has 3 aromatic rings. The van der Waals surface area contributed by atoms with Gasteiger partial charge in [0, 0.05) is 24.0 Å². The Bertz CT molecular complexity index is 1230. The molecule has 3 heterocycles. The van der Waals surface area contributed by atoms with Crippen molar-refractivity contribution in [1.29, 1.82) is 0 Å². The van der Waals surface area contributed by atoms with Crippen LogP contribution in [0, 0.1) is 5.92 Å². The summed E-state index contributed by atoms with van der Waals surface area (Å²) >= 11 is 5.89. The van der Waals surface area contributed by atoms with E-state index >= 15 is 0 Å². The van der Waals surface area contributed by atoms with Crippen LogP contribution in [0.5, 0.6) is 0 Å². The zero-order chi connectivity index (χ0) is 21.6. The Morgan fingerprint density at radius 1 is 1.03 bits per heavy atom. The third kappa shape index (κ3) is 3.99. The van der Waals surface area contributed by atoms with Crippen molar-refractivity contribution in [2.75, 3.05) is 23.3 Å². The van der Waals surface area contributed by atoms with Gasteiger partial charge in [0.15, 0.2) is 15.5 Å². The van der Waals surface area contributed by atoms with Crippen molar-refractivity contribution in [2.45, 2.75) is 35.8 Å². The molecule has 1 aliphatic heterocycles. The van der Waals surface area contributed by atoms with Gasteiger partial charge in [0.1, 0.15) is 5.82 Å². The van der Waals surface area contributed by atoms with Gasteiger partial charge in [-0.05, 0) is 62.1 Å². The lowest BCUT2D eigenvalue weighted by Crippen LogP contribution is -2.40. The quantitative estimate of drug-likeness (QED) is 0.629. The lowest BCUT2D eigenvalue weighted by molar-refractivity contribution is -0.117. The Hall–Kier alpha value is -2.65. The molecule has 1 saturated carbocycles. The van der Waals surface area contributed by atoms with E-state index in [-0.39, 0.29) is 11.8 Å². The predicted octanol–water partition coefficient (Wildman–Crippen LogP) is 3.17. The summed E-state index contributed by atoms with van der Waals surface area (Å²) in [6, 6.07) is 12.0. The van der Waals surface area contributed by atoms with Crippen LogP contribution in [0.25, 0.3) is 5.65 Å². The van der Waals surface area contributed by atoms with Crippen LogP contribution in [0.4, 0.5) is 11.8 Å². The first kappa shape index (κ1) is 20.3. The Labute approximate surface area is 185 Å². The van der Waals surface area contributed by atoms with Gasteiger partial charge in [-0.2, -0.15) is 9.50 Å². The van der Waals surface area contributed by atoms with E-state index in [1.54, 1.807) is 28.8 Å². The molecule has 10 heteroatoms. The molecular weight excluding hydrogens is 438 g/mol. The molecule has 1 N–H and O–H groups in total. The molecule has 5 rings (SSSR count). The van der Waals surface area contributed by atoms with Gasteiger partial charge >= 0.3 is 0 Å². The lowest BCUT2D eigenvalue weighted by Gasteiger charge is -2.33. The van der Waals surface area contributed by atoms with E-state index in [9.17, 15) is 13.2 Å². The van der Waals surface area contributed by atoms with Crippen molar-refractivity contribution >= 4 is 44.8 Å². The number of aromatic nitrogens is 3. The minimum Gasteiger partial charge on any atom is -0.356 e. The van der Waals surface area contributed by atoms with Crippen molar-refractivity contribution in [3.8, 4) is 0 Å². The van der Waals surface area contributed by atoms with Crippen LogP contribution in [0.3, 0.4) is 0 Å². The van der Waals surface area contributed by atoms with Gasteiger partial charge in [0.05, 0.1) is 10.1 Å². The Kier molecular flexibility index (Phi) is 5.10. The number of benzene rings is 1. The van der Waals surface area contributed by atoms with E-state index < -0.39 is 15.1 Å². The summed E-state index contributed by atoms with van der Waals surface area (Å²) < 4.78 is 27.7. The minimum absolute atomic E-state index is 0.0364. The van der Waals surface area contributed by atoms with Crippen LogP contribution in [0.15, 0.2) is 47.4 Å². The zero-order valence-corrected chi connectivity index (χ0v) is 18.3. The molecule has 2 fully saturated rings. The number of carbonyl (C=O) groups excluding carboxylic acids is 1. The van der Waals surface area contributed by atoms with Crippen LogP contribution >= 0.6 is 11.6 Å². The summed E-state index contributed by atoms with van der Waals surface area (Å²) in [7, 11) is -3.41. The smallest absolute Gasteiger partial charge is 0.249 e. The minimum atomic E-state index is -3.41. The number of nitrogens with zero attached hydrogens (tertiary/aromatic N) is 4. The van der Waals surface area contributed by atoms with Gasteiger partial charge in [0.25, 0.3) is 0 Å². The maximum Gasteiger partial charge on any atom is 0.249 e. The Morgan fingerprint density at radius 2 is 1.74 bits per heavy atom. The molecule has 2 aromatic heterocycles. The monoisotopic (exact) mass is 459 g/mol. The predicted molar refractivity (Wildman–Crippen MR) is 118 cm³/mol. The van der Waals surface area contributed by atoms with E-state index in [4.69, 9.17) is 11.6 Å². The number of amides is 1. The second-order valence-electron chi connectivity index (χ2n) is 8.04. The molecule has 0 unspecified atom stereocenters. The molecule has 1 amide bonds. The number of pyridine rings is 1. The van der Waals surface area contributed by atoms with Gasteiger partial charge in [-0.15, -0.1) is 5.10 Å². The molecule has 0 bridgehead atoms. The number of sulfone groups is 1. The van der Waals surface area contributed by atoms with Crippen molar-refractivity contribution in [1.82, 2.24) is 14.6 Å². The highest BCUT2D eigenvalue weighted by Crippen LogP contribution is 2.31. The van der Waals surface area contributed by atoms with Gasteiger partial charge in [-0.1, -0.05) is 17.7 Å². The Morgan fingerprint density at radius 3 is 2.42 bits per heavy atom. The molecule has 1 saturated heterocycles. The summed E-state index contributed by atoms with van der Waals surface area (Å²) in [5.74, 6) is 1.17. The highest BCUT2D eigenvalue weighted by atomic mass is 35.5. The topological polar surface area (TPSA) is 96.7 Å². The van der Waals surface area contributed by atoms with Gasteiger partial charge < -0.3 is 4.90 Å². The average Bonchev–Trinajstić information content (AvgIpc) is 3.54. The first-order valence-electron chi connectivity index (χ1n) is 10.3. The van der Waals surface area contributed by atoms with Crippen LogP contribution in [-0.4, -0.2) is 47.3 Å². The summed E-state index contributed by atoms with van der Waals surface area (Å²) in [5.41, 5.74) is 0.638. The standard InChI is InChI=1S/C21H22ClN5O3S/c22-15-6-8-16(9-7-15)31(29,30)17-10-12-26(13-11-17)19-3-1-2-18-23-21(25-27(18)19)24-20(28)14-4-5-14/h1-3,6-9,14,17H,4-5,10-13H2,(H,24,25,28). The van der Waals surface area contributed by atoms with Crippen molar-refractivity contribution < 1.29 is 13.2 Å². The zero-order valence-electron chi connectivity index (χ0n) is 16.7. The third-order valence-electron chi connectivity index (χ3n) is 5.87. The second-order valence-corrected chi connectivity index (χ2v) is 10.7. The number of anilines is 2. The SMILES string of the molecule is O=C(Nc1nc2cccc(N3CCC(S(=O)(=O)c4ccc(Cl)cc4)CC3)n2n1)C1CC1. The maximum atomic E-state index is 13.0. The molecule has 31 heavy (non-hydrogen) atoms. The second kappa shape index (κ2) is 7.80. The number of hydrogen-bond donors (Lipinski definition) is 1. The summed E-state index contributed by atoms with van der Waals surface area (Å²) in [5, 5.41) is 7.33. The largest absolute Gasteiger partial charge is 0.356 e. The third-order valence-corrected chi connectivity index (χ3v) is 8.40. The molecule has 8 nitrogen and oxygen atoms in total. The maximum absolute atomic E-state index is 13.0. The van der Waals surface area contributed by atoms with Crippen molar-refractivity contribution in [3.63, 3.8) is 0 Å². The first-order valence-corrected chi connectivity index (χ1v) is 12.3. The lowest BCUT2D eigenvalue weighted by atomic mass is 10.1. The number of halogens is 1. The summed E-state index contributed by atoms with van der Waals surface area (Å²) in [6.07, 6.45) is 2.86. The molecule has 162 valence electrons. The van der Waals surface area contributed by atoms with Crippen LogP contribution in [0.2, 0.25) is 5.02 Å². The highest BCUT2D eigenvalue weighted by Gasteiger charge is 2.33. The normalized spacial score (nSPS) is 17.8. The molecule has 2 aliphatic rings. The molecule has 0 radical (unpaired) electrons. The van der Waals surface area contributed by atoms with Gasteiger partial charge in [-0.25, -0.2) is 8.42 Å². The van der Waals surface area contributed by atoms with Crippen LogP contribution in [-0.2, 0) is 14.6 Å². The Balaban J connectivity index is 1.32. The average molecular weight is 460 g/mol. The van der Waals surface area contributed by atoms with E-state index in [0.29, 0.717) is 47.4 Å². The van der Waals surface area contributed by atoms with Gasteiger partial charge in [-0.3, -0.25) is 10.1 Å². The van der Waals surface area contributed by atoms with Crippen molar-refractivity contribution in [2.24, 2.45) is 5.92 Å². The number of nitrogens with one attached hydrogen (secondary N) is 1. The fourth-order valence-electron chi connectivity index (χ4n) is 3.95. The fourth-order valence-corrected chi connectivity index (χ4v) is 5.81. The number of fused-ring (bicyclic) bond motifs is 1. The fraction of sp³-hybridized carbons (Fsp3) is 0.381. The molecular formula is C21H22ClN5O3S. The number of carbonyl (C=O) groups is 1. The van der Waals surface area contributed by atoms with E-state index in [1.807, 2.05) is 18.2 Å². The van der Waals surface area contributed by atoms with Crippen molar-refractivity contribution in [3.05, 3.63) is 47.5 Å².